The van der Waals surface area contributed by atoms with Gasteiger partial charge in [-0.1, -0.05) is 0 Å². The summed E-state index contributed by atoms with van der Waals surface area (Å²) >= 11 is 0. The van der Waals surface area contributed by atoms with Crippen molar-refractivity contribution in [1.82, 2.24) is 4.90 Å². The second-order valence-corrected chi connectivity index (χ2v) is 4.69. The number of rotatable bonds is 6. The zero-order valence-electron chi connectivity index (χ0n) is 10.9. The van der Waals surface area contributed by atoms with E-state index in [0.717, 1.165) is 32.6 Å². The fourth-order valence-corrected chi connectivity index (χ4v) is 2.08. The summed E-state index contributed by atoms with van der Waals surface area (Å²) in [5.74, 6) is 0.444. The highest BCUT2D eigenvalue weighted by Crippen LogP contribution is 2.14. The molecule has 1 aliphatic heterocycles. The quantitative estimate of drug-likeness (QED) is 0.726. The van der Waals surface area contributed by atoms with E-state index in [4.69, 9.17) is 15.2 Å². The van der Waals surface area contributed by atoms with Crippen molar-refractivity contribution in [1.29, 1.82) is 0 Å². The van der Waals surface area contributed by atoms with E-state index in [2.05, 4.69) is 0 Å². The Morgan fingerprint density at radius 2 is 2.41 bits per heavy atom. The topological polar surface area (TPSA) is 64.8 Å². The van der Waals surface area contributed by atoms with Gasteiger partial charge in [0.2, 0.25) is 5.91 Å². The molecule has 0 bridgehead atoms. The van der Waals surface area contributed by atoms with Crippen LogP contribution in [0.1, 0.15) is 19.3 Å². The first-order valence-electron chi connectivity index (χ1n) is 6.22. The first kappa shape index (κ1) is 14.4. The highest BCUT2D eigenvalue weighted by atomic mass is 16.5. The van der Waals surface area contributed by atoms with Crippen molar-refractivity contribution >= 4 is 5.91 Å². The minimum absolute atomic E-state index is 0.00683. The van der Waals surface area contributed by atoms with Crippen molar-refractivity contribution in [2.24, 2.45) is 11.7 Å². The molecule has 1 aliphatic rings. The van der Waals surface area contributed by atoms with Crippen LogP contribution < -0.4 is 5.73 Å². The molecule has 1 amide bonds. The maximum Gasteiger partial charge on any atom is 0.239 e. The number of likely N-dealkylation sites (N-methyl/N-ethyl adjacent to an activating group) is 1. The van der Waals surface area contributed by atoms with Crippen molar-refractivity contribution in [3.05, 3.63) is 0 Å². The third-order valence-electron chi connectivity index (χ3n) is 3.11. The summed E-state index contributed by atoms with van der Waals surface area (Å²) in [6.45, 7) is 2.86. The van der Waals surface area contributed by atoms with Crippen molar-refractivity contribution in [3.63, 3.8) is 0 Å². The number of hydrogen-bond donors (Lipinski definition) is 1. The highest BCUT2D eigenvalue weighted by Gasteiger charge is 2.22. The molecule has 17 heavy (non-hydrogen) atoms. The Labute approximate surface area is 103 Å². The number of nitrogens with two attached hydrogens (primary N) is 1. The van der Waals surface area contributed by atoms with Crippen LogP contribution in [0.15, 0.2) is 0 Å². The Kier molecular flexibility index (Phi) is 6.47. The SMILES string of the molecule is COCCC(N)C(=O)N(C)CC1CCCOC1. The lowest BCUT2D eigenvalue weighted by Gasteiger charge is -2.28. The van der Waals surface area contributed by atoms with Gasteiger partial charge in [0.25, 0.3) is 0 Å². The van der Waals surface area contributed by atoms with Crippen LogP contribution >= 0.6 is 0 Å². The molecule has 0 aromatic heterocycles. The van der Waals surface area contributed by atoms with Gasteiger partial charge in [-0.2, -0.15) is 0 Å². The van der Waals surface area contributed by atoms with Gasteiger partial charge in [0, 0.05) is 33.9 Å². The summed E-state index contributed by atoms with van der Waals surface area (Å²) in [5.41, 5.74) is 5.81. The van der Waals surface area contributed by atoms with E-state index in [1.54, 1.807) is 12.0 Å². The molecule has 2 unspecified atom stereocenters. The van der Waals surface area contributed by atoms with Crippen molar-refractivity contribution in [2.75, 3.05) is 40.5 Å². The Morgan fingerprint density at radius 3 is 3.00 bits per heavy atom. The zero-order chi connectivity index (χ0) is 12.7. The van der Waals surface area contributed by atoms with E-state index in [9.17, 15) is 4.79 Å². The first-order valence-corrected chi connectivity index (χ1v) is 6.22. The van der Waals surface area contributed by atoms with E-state index in [1.807, 2.05) is 7.05 Å². The number of amides is 1. The van der Waals surface area contributed by atoms with Gasteiger partial charge < -0.3 is 20.1 Å². The summed E-state index contributed by atoms with van der Waals surface area (Å²) < 4.78 is 10.3. The zero-order valence-corrected chi connectivity index (χ0v) is 10.9. The minimum atomic E-state index is -0.454. The third-order valence-corrected chi connectivity index (χ3v) is 3.11. The van der Waals surface area contributed by atoms with E-state index < -0.39 is 6.04 Å². The van der Waals surface area contributed by atoms with Crippen LogP contribution in [-0.4, -0.2) is 57.4 Å². The molecule has 0 radical (unpaired) electrons. The molecule has 1 saturated heterocycles. The summed E-state index contributed by atoms with van der Waals surface area (Å²) in [4.78, 5) is 13.6. The van der Waals surface area contributed by atoms with E-state index in [0.29, 0.717) is 18.9 Å². The van der Waals surface area contributed by atoms with Crippen molar-refractivity contribution in [3.8, 4) is 0 Å². The predicted octanol–water partition coefficient (Wildman–Crippen LogP) is 0.235. The molecular weight excluding hydrogens is 220 g/mol. The molecular formula is C12H24N2O3. The maximum atomic E-state index is 11.9. The maximum absolute atomic E-state index is 11.9. The van der Waals surface area contributed by atoms with E-state index >= 15 is 0 Å². The molecule has 0 spiro atoms. The highest BCUT2D eigenvalue weighted by molar-refractivity contribution is 5.81. The van der Waals surface area contributed by atoms with Crippen molar-refractivity contribution < 1.29 is 14.3 Å². The van der Waals surface area contributed by atoms with Gasteiger partial charge >= 0.3 is 0 Å². The number of carbonyl (C=O) groups excluding carboxylic acids is 1. The molecule has 0 aliphatic carbocycles. The molecule has 2 N–H and O–H groups in total. The van der Waals surface area contributed by atoms with Gasteiger partial charge in [-0.15, -0.1) is 0 Å². The van der Waals surface area contributed by atoms with Gasteiger partial charge in [0.05, 0.1) is 12.6 Å². The summed E-state index contributed by atoms with van der Waals surface area (Å²) in [6.07, 6.45) is 2.79. The second kappa shape index (κ2) is 7.63. The molecule has 0 aromatic carbocycles. The Hall–Kier alpha value is -0.650. The lowest BCUT2D eigenvalue weighted by Crippen LogP contribution is -2.45. The number of ether oxygens (including phenoxy) is 2. The van der Waals surface area contributed by atoms with Crippen LogP contribution in [0.2, 0.25) is 0 Å². The standard InChI is InChI=1S/C12H24N2O3/c1-14(8-10-4-3-6-17-9-10)12(15)11(13)5-7-16-2/h10-11H,3-9,13H2,1-2H3. The second-order valence-electron chi connectivity index (χ2n) is 4.69. The predicted molar refractivity (Wildman–Crippen MR) is 65.6 cm³/mol. The smallest absolute Gasteiger partial charge is 0.239 e. The van der Waals surface area contributed by atoms with Gasteiger partial charge in [0.15, 0.2) is 0 Å². The van der Waals surface area contributed by atoms with Crippen LogP contribution in [0.4, 0.5) is 0 Å². The van der Waals surface area contributed by atoms with Crippen LogP contribution in [-0.2, 0) is 14.3 Å². The molecule has 2 atom stereocenters. The summed E-state index contributed by atoms with van der Waals surface area (Å²) in [5, 5.41) is 0. The molecule has 1 fully saturated rings. The fourth-order valence-electron chi connectivity index (χ4n) is 2.08. The lowest BCUT2D eigenvalue weighted by atomic mass is 10.0. The number of methoxy groups -OCH3 is 1. The fraction of sp³-hybridized carbons (Fsp3) is 0.917. The van der Waals surface area contributed by atoms with Gasteiger partial charge in [0.1, 0.15) is 0 Å². The van der Waals surface area contributed by atoms with Gasteiger partial charge in [-0.3, -0.25) is 4.79 Å². The third kappa shape index (κ3) is 5.02. The largest absolute Gasteiger partial charge is 0.385 e. The number of hydrogen-bond acceptors (Lipinski definition) is 4. The molecule has 5 nitrogen and oxygen atoms in total. The summed E-state index contributed by atoms with van der Waals surface area (Å²) in [6, 6.07) is -0.454. The first-order chi connectivity index (χ1) is 8.15. The summed E-state index contributed by atoms with van der Waals surface area (Å²) in [7, 11) is 3.42. The average molecular weight is 244 g/mol. The van der Waals surface area contributed by atoms with Crippen LogP contribution in [0.5, 0.6) is 0 Å². The molecule has 0 saturated carbocycles. The Balaban J connectivity index is 2.29. The normalized spacial score (nSPS) is 22.2. The Bertz CT molecular complexity index is 230. The van der Waals surface area contributed by atoms with Crippen LogP contribution in [0.3, 0.4) is 0 Å². The van der Waals surface area contributed by atoms with E-state index in [-0.39, 0.29) is 5.91 Å². The average Bonchev–Trinajstić information content (AvgIpc) is 2.36. The van der Waals surface area contributed by atoms with Crippen LogP contribution in [0, 0.1) is 5.92 Å². The van der Waals surface area contributed by atoms with Gasteiger partial charge in [-0.25, -0.2) is 0 Å². The monoisotopic (exact) mass is 244 g/mol. The number of nitrogens with zero attached hydrogens (tertiary/aromatic N) is 1. The van der Waals surface area contributed by atoms with Gasteiger partial charge in [-0.05, 0) is 25.2 Å². The Morgan fingerprint density at radius 1 is 1.65 bits per heavy atom. The van der Waals surface area contributed by atoms with Crippen molar-refractivity contribution in [2.45, 2.75) is 25.3 Å². The molecule has 5 heteroatoms. The lowest BCUT2D eigenvalue weighted by molar-refractivity contribution is -0.132. The number of carbonyl (C=O) groups is 1. The molecule has 1 rings (SSSR count). The molecule has 100 valence electrons. The van der Waals surface area contributed by atoms with Crippen LogP contribution in [0.25, 0.3) is 0 Å². The molecule has 1 heterocycles. The minimum Gasteiger partial charge on any atom is -0.385 e. The van der Waals surface area contributed by atoms with E-state index in [1.165, 1.54) is 0 Å². The molecule has 0 aromatic rings.